The molecule has 3 N–H and O–H groups in total. The minimum Gasteiger partial charge on any atom is -0.423 e. The molecule has 0 radical (unpaired) electrons. The van der Waals surface area contributed by atoms with Crippen LogP contribution in [0.15, 0.2) is 154 Å². The van der Waals surface area contributed by atoms with Crippen molar-refractivity contribution in [3.05, 3.63) is 186 Å². The molecule has 14 nitrogen and oxygen atoms in total. The number of hydrogen-bond donors (Lipinski definition) is 3. The highest BCUT2D eigenvalue weighted by Crippen LogP contribution is 2.32. The van der Waals surface area contributed by atoms with Crippen LogP contribution in [0.1, 0.15) is 30.5 Å². The first kappa shape index (κ1) is 45.8. The number of amides is 2. The lowest BCUT2D eigenvalue weighted by atomic mass is 9.81. The number of benzene rings is 4. The lowest BCUT2D eigenvalue weighted by Crippen LogP contribution is -2.49. The van der Waals surface area contributed by atoms with Gasteiger partial charge >= 0.3 is 7.12 Å². The predicted molar refractivity (Wildman–Crippen MR) is 265 cm³/mol. The van der Waals surface area contributed by atoms with Crippen LogP contribution >= 0.6 is 22.7 Å². The molecular formula is C50H43BN8O6S2. The number of carbonyl (C=O) groups is 2. The molecule has 2 amide bonds. The van der Waals surface area contributed by atoms with Crippen LogP contribution in [0.5, 0.6) is 0 Å². The number of rotatable bonds is 6. The molecule has 4 aromatic heterocycles. The number of fused-ring (bicyclic) bond motifs is 2. The van der Waals surface area contributed by atoms with Crippen molar-refractivity contribution in [3.63, 3.8) is 0 Å². The fraction of sp³-hybridized carbons (Fsp3) is 0.160. The van der Waals surface area contributed by atoms with Gasteiger partial charge < -0.3 is 34.6 Å². The maximum absolute atomic E-state index is 13.5. The van der Waals surface area contributed by atoms with Crippen molar-refractivity contribution in [2.75, 3.05) is 62.2 Å². The number of nitriles is 2. The number of carbonyl (C=O) groups excluding carboxylic acids is 2. The number of para-hydroxylation sites is 3. The minimum absolute atomic E-state index is 0.0320. The summed E-state index contributed by atoms with van der Waals surface area (Å²) in [6, 6.07) is 44.8. The van der Waals surface area contributed by atoms with E-state index in [1.807, 2.05) is 141 Å². The molecule has 6 heterocycles. The number of pyridine rings is 2. The highest BCUT2D eigenvalue weighted by Gasteiger charge is 2.29. The minimum atomic E-state index is -1.34. The Morgan fingerprint density at radius 2 is 1.04 bits per heavy atom. The van der Waals surface area contributed by atoms with Gasteiger partial charge in [-0.15, -0.1) is 22.7 Å². The van der Waals surface area contributed by atoms with E-state index in [4.69, 9.17) is 10.0 Å². The first-order chi connectivity index (χ1) is 32.7. The summed E-state index contributed by atoms with van der Waals surface area (Å²) in [7, 11) is -1.34. The molecule has 0 unspecified atom stereocenters. The molecular weight excluding hydrogens is 884 g/mol. The van der Waals surface area contributed by atoms with Crippen LogP contribution in [0.25, 0.3) is 27.5 Å². The summed E-state index contributed by atoms with van der Waals surface area (Å²) in [5.41, 5.74) is 3.59. The zero-order chi connectivity index (χ0) is 46.9. The molecule has 334 valence electrons. The van der Waals surface area contributed by atoms with Gasteiger partial charge in [-0.2, -0.15) is 10.5 Å². The van der Waals surface area contributed by atoms with Gasteiger partial charge in [0, 0.05) is 68.8 Å². The lowest BCUT2D eigenvalue weighted by Gasteiger charge is -2.37. The molecule has 0 bridgehead atoms. The Morgan fingerprint density at radius 3 is 1.54 bits per heavy atom. The topological polar surface area (TPSA) is 190 Å². The second kappa shape index (κ2) is 21.0. The summed E-state index contributed by atoms with van der Waals surface area (Å²) in [4.78, 5) is 62.9. The molecule has 8 aromatic rings. The van der Waals surface area contributed by atoms with Gasteiger partial charge in [-0.1, -0.05) is 97.1 Å². The number of aromatic nitrogens is 2. The van der Waals surface area contributed by atoms with Crippen molar-refractivity contribution in [1.29, 1.82) is 10.5 Å². The highest BCUT2D eigenvalue weighted by molar-refractivity contribution is 7.12. The first-order valence-electron chi connectivity index (χ1n) is 21.4. The smallest absolute Gasteiger partial charge is 0.423 e. The molecule has 2 fully saturated rings. The summed E-state index contributed by atoms with van der Waals surface area (Å²) in [5.74, 6) is 0.0698. The standard InChI is InChI=1S/C25H20N4O2S.C19H16N4O2S.C6H7BO2/c26-17-20-23(27-12-14-28(15-13-27)25(31)22-11-6-16-32-22)19-9-4-5-10-21(19)29(24(20)30)18-7-2-1-3-8-18;20-12-14-17(13-4-1-2-5-15(13)21-18(14)24)22-7-9-23(10-8-22)19(25)16-6-3-11-26-16;8-7(9)6-4-2-1-3-5-6/h1-11,16H,12-15H2;1-6,11H,7-10H2,(H,21,24);1-5,8-9H. The Labute approximate surface area is 393 Å². The fourth-order valence-corrected chi connectivity index (χ4v) is 9.63. The number of anilines is 2. The summed E-state index contributed by atoms with van der Waals surface area (Å²) < 4.78 is 1.61. The second-order valence-electron chi connectivity index (χ2n) is 15.5. The average molecular weight is 927 g/mol. The van der Waals surface area contributed by atoms with Crippen LogP contribution in [0.4, 0.5) is 11.4 Å². The number of aromatic amines is 1. The fourth-order valence-electron chi connectivity index (χ4n) is 8.25. The Kier molecular flexibility index (Phi) is 14.4. The van der Waals surface area contributed by atoms with Crippen LogP contribution in [0, 0.1) is 22.7 Å². The molecule has 0 aliphatic carbocycles. The van der Waals surface area contributed by atoms with Gasteiger partial charge in [0.15, 0.2) is 0 Å². The molecule has 2 saturated heterocycles. The third-order valence-corrected chi connectivity index (χ3v) is 13.2. The summed E-state index contributed by atoms with van der Waals surface area (Å²) >= 11 is 2.88. The highest BCUT2D eigenvalue weighted by atomic mass is 32.1. The van der Waals surface area contributed by atoms with E-state index in [0.717, 1.165) is 31.7 Å². The van der Waals surface area contributed by atoms with Crippen molar-refractivity contribution in [2.24, 2.45) is 0 Å². The Morgan fingerprint density at radius 1 is 0.567 bits per heavy atom. The molecule has 2 aliphatic heterocycles. The van der Waals surface area contributed by atoms with Crippen LogP contribution in [0.3, 0.4) is 0 Å². The van der Waals surface area contributed by atoms with Crippen molar-refractivity contribution in [3.8, 4) is 17.8 Å². The summed E-state index contributed by atoms with van der Waals surface area (Å²) in [6.07, 6.45) is 0. The normalized spacial score (nSPS) is 13.4. The molecule has 4 aromatic carbocycles. The molecule has 67 heavy (non-hydrogen) atoms. The number of nitrogens with zero attached hydrogens (tertiary/aromatic N) is 7. The third kappa shape index (κ3) is 9.91. The van der Waals surface area contributed by atoms with Crippen molar-refractivity contribution < 1.29 is 19.6 Å². The van der Waals surface area contributed by atoms with Crippen molar-refractivity contribution in [2.45, 2.75) is 0 Å². The van der Waals surface area contributed by atoms with Gasteiger partial charge in [-0.25, -0.2) is 0 Å². The summed E-state index contributed by atoms with van der Waals surface area (Å²) in [6.45, 7) is 4.48. The third-order valence-electron chi connectivity index (χ3n) is 11.5. The van der Waals surface area contributed by atoms with E-state index < -0.39 is 7.12 Å². The first-order valence-corrected chi connectivity index (χ1v) is 23.2. The number of H-pyrrole nitrogens is 1. The lowest BCUT2D eigenvalue weighted by molar-refractivity contribution is 0.0744. The number of thiophene rings is 2. The zero-order valence-corrected chi connectivity index (χ0v) is 37.7. The molecule has 17 heteroatoms. The van der Waals surface area contributed by atoms with E-state index in [1.165, 1.54) is 22.7 Å². The van der Waals surface area contributed by atoms with E-state index in [0.29, 0.717) is 74.7 Å². The van der Waals surface area contributed by atoms with Gasteiger partial charge in [0.25, 0.3) is 22.9 Å². The van der Waals surface area contributed by atoms with Crippen molar-refractivity contribution in [1.82, 2.24) is 19.4 Å². The molecule has 0 spiro atoms. The van der Waals surface area contributed by atoms with Gasteiger partial charge in [0.2, 0.25) is 0 Å². The SMILES string of the molecule is N#Cc1c(N2CCN(C(=O)c3cccs3)CC2)c2ccccc2[nH]c1=O.N#Cc1c(N2CCN(C(=O)c3cccs3)CC2)c2ccccc2n(-c2ccccc2)c1=O.OB(O)c1ccccc1. The van der Waals surface area contributed by atoms with E-state index in [1.54, 1.807) is 28.8 Å². The second-order valence-corrected chi connectivity index (χ2v) is 17.4. The van der Waals surface area contributed by atoms with E-state index >= 15 is 0 Å². The van der Waals surface area contributed by atoms with Gasteiger partial charge in [0.1, 0.15) is 23.3 Å². The zero-order valence-electron chi connectivity index (χ0n) is 36.1. The average Bonchev–Trinajstić information content (AvgIpc) is 4.13. The van der Waals surface area contributed by atoms with Crippen LogP contribution in [-0.4, -0.2) is 101 Å². The monoisotopic (exact) mass is 926 g/mol. The molecule has 10 rings (SSSR count). The Bertz CT molecular complexity index is 3210. The Balaban J connectivity index is 0.000000155. The van der Waals surface area contributed by atoms with Crippen LogP contribution < -0.4 is 26.4 Å². The number of hydrogen-bond acceptors (Lipinski definition) is 12. The number of nitrogens with one attached hydrogen (secondary N) is 1. The van der Waals surface area contributed by atoms with Gasteiger partial charge in [-0.05, 0) is 52.6 Å². The van der Waals surface area contributed by atoms with Crippen molar-refractivity contribution >= 4 is 80.2 Å². The maximum Gasteiger partial charge on any atom is 0.488 e. The van der Waals surface area contributed by atoms with Gasteiger partial charge in [0.05, 0.1) is 32.2 Å². The number of piperazine rings is 2. The quantitative estimate of drug-likeness (QED) is 0.175. The summed E-state index contributed by atoms with van der Waals surface area (Å²) in [5, 5.41) is 42.1. The van der Waals surface area contributed by atoms with E-state index in [9.17, 15) is 29.7 Å². The van der Waals surface area contributed by atoms with E-state index in [-0.39, 0.29) is 34.1 Å². The van der Waals surface area contributed by atoms with Gasteiger partial charge in [-0.3, -0.25) is 23.7 Å². The molecule has 0 atom stereocenters. The largest absolute Gasteiger partial charge is 0.488 e. The Hall–Kier alpha value is -7.80. The maximum atomic E-state index is 13.5. The van der Waals surface area contributed by atoms with Crippen LogP contribution in [-0.2, 0) is 0 Å². The predicted octanol–water partition coefficient (Wildman–Crippen LogP) is 5.68. The van der Waals surface area contributed by atoms with Crippen LogP contribution in [0.2, 0.25) is 0 Å². The molecule has 0 saturated carbocycles. The molecule has 2 aliphatic rings. The van der Waals surface area contributed by atoms with E-state index in [2.05, 4.69) is 16.0 Å².